The topological polar surface area (TPSA) is 28.2 Å². The fourth-order valence-corrected chi connectivity index (χ4v) is 2.88. The quantitative estimate of drug-likeness (QED) is 0.873. The number of aryl methyl sites for hydroxylation is 1. The van der Waals surface area contributed by atoms with Gasteiger partial charge in [-0.25, -0.2) is 10.4 Å². The van der Waals surface area contributed by atoms with Gasteiger partial charge in [0.15, 0.2) is 0 Å². The van der Waals surface area contributed by atoms with E-state index in [1.54, 1.807) is 0 Å². The summed E-state index contributed by atoms with van der Waals surface area (Å²) in [7, 11) is 0. The Labute approximate surface area is 128 Å². The number of anilines is 1. The number of nitrogens with zero attached hydrogens (tertiary/aromatic N) is 2. The molecule has 4 heteroatoms. The summed E-state index contributed by atoms with van der Waals surface area (Å²) in [6, 6.07) is 13.1. The summed E-state index contributed by atoms with van der Waals surface area (Å²) >= 11 is 3.37. The number of halogens is 1. The van der Waals surface area contributed by atoms with E-state index < -0.39 is 0 Å². The van der Waals surface area contributed by atoms with Crippen LogP contribution in [0.3, 0.4) is 0 Å². The first-order valence-corrected chi connectivity index (χ1v) is 7.71. The number of pyridine rings is 1. The Morgan fingerprint density at radius 2 is 2.15 bits per heavy atom. The summed E-state index contributed by atoms with van der Waals surface area (Å²) in [5.74, 6) is 0. The van der Waals surface area contributed by atoms with Gasteiger partial charge in [0, 0.05) is 18.8 Å². The molecule has 2 heterocycles. The van der Waals surface area contributed by atoms with Crippen molar-refractivity contribution in [2.75, 3.05) is 11.6 Å². The van der Waals surface area contributed by atoms with Gasteiger partial charge in [-0.3, -0.25) is 0 Å². The zero-order chi connectivity index (χ0) is 13.9. The summed E-state index contributed by atoms with van der Waals surface area (Å²) in [5, 5.41) is 2.27. The zero-order valence-electron chi connectivity index (χ0n) is 11.5. The predicted octanol–water partition coefficient (Wildman–Crippen LogP) is 3.48. The molecule has 1 N–H and O–H groups in total. The Hall–Kier alpha value is -1.39. The minimum Gasteiger partial charge on any atom is -0.308 e. The van der Waals surface area contributed by atoms with Gasteiger partial charge in [0.2, 0.25) is 0 Å². The molecule has 0 spiro atoms. The Bertz CT molecular complexity index is 583. The molecule has 3 nitrogen and oxygen atoms in total. The van der Waals surface area contributed by atoms with Crippen LogP contribution in [0.5, 0.6) is 0 Å². The molecule has 1 aromatic heterocycles. The van der Waals surface area contributed by atoms with Gasteiger partial charge in [0.25, 0.3) is 0 Å². The molecule has 0 bridgehead atoms. The van der Waals surface area contributed by atoms with Gasteiger partial charge in [-0.05, 0) is 59.0 Å². The highest BCUT2D eigenvalue weighted by molar-refractivity contribution is 9.10. The largest absolute Gasteiger partial charge is 0.308 e. The van der Waals surface area contributed by atoms with Gasteiger partial charge in [-0.15, -0.1) is 0 Å². The summed E-state index contributed by atoms with van der Waals surface area (Å²) in [6.07, 6.45) is 4.12. The number of rotatable bonds is 3. The average Bonchev–Trinajstić information content (AvgIpc) is 2.90. The van der Waals surface area contributed by atoms with Crippen molar-refractivity contribution in [3.05, 3.63) is 58.3 Å². The molecular formula is C16H18BrN3. The summed E-state index contributed by atoms with van der Waals surface area (Å²) in [6.45, 7) is 3.21. The molecule has 3 rings (SSSR count). The number of benzene rings is 1. The molecule has 0 saturated carbocycles. The smallest absolute Gasteiger partial charge is 0.106 e. The molecule has 2 aromatic rings. The zero-order valence-corrected chi connectivity index (χ0v) is 13.1. The lowest BCUT2D eigenvalue weighted by Gasteiger charge is -2.22. The standard InChI is InChI=1S/C16H18BrN3/c1-12-4-2-3-5-15(12)20-9-8-14(19-20)10-13-6-7-16(17)18-11-13/h2-7,11,14,19H,8-10H2,1H3. The van der Waals surface area contributed by atoms with Crippen LogP contribution in [0, 0.1) is 6.92 Å². The number of hydrazine groups is 1. The van der Waals surface area contributed by atoms with Crippen molar-refractivity contribution in [1.29, 1.82) is 0 Å². The van der Waals surface area contributed by atoms with Crippen molar-refractivity contribution in [1.82, 2.24) is 10.4 Å². The minimum absolute atomic E-state index is 0.484. The second-order valence-electron chi connectivity index (χ2n) is 5.25. The van der Waals surface area contributed by atoms with Crippen LogP contribution in [-0.4, -0.2) is 17.6 Å². The SMILES string of the molecule is Cc1ccccc1N1CCC(Cc2ccc(Br)nc2)N1. The van der Waals surface area contributed by atoms with E-state index in [1.165, 1.54) is 16.8 Å². The monoisotopic (exact) mass is 331 g/mol. The van der Waals surface area contributed by atoms with E-state index in [2.05, 4.69) is 68.6 Å². The second kappa shape index (κ2) is 5.94. The van der Waals surface area contributed by atoms with Gasteiger partial charge >= 0.3 is 0 Å². The molecule has 0 aliphatic carbocycles. The van der Waals surface area contributed by atoms with Crippen molar-refractivity contribution in [3.63, 3.8) is 0 Å². The Morgan fingerprint density at radius 1 is 1.30 bits per heavy atom. The van der Waals surface area contributed by atoms with Crippen molar-refractivity contribution in [3.8, 4) is 0 Å². The highest BCUT2D eigenvalue weighted by atomic mass is 79.9. The predicted molar refractivity (Wildman–Crippen MR) is 85.7 cm³/mol. The minimum atomic E-state index is 0.484. The first-order chi connectivity index (χ1) is 9.72. The molecule has 1 aromatic carbocycles. The first kappa shape index (κ1) is 13.6. The number of nitrogens with one attached hydrogen (secondary N) is 1. The van der Waals surface area contributed by atoms with Crippen LogP contribution in [0.2, 0.25) is 0 Å². The van der Waals surface area contributed by atoms with Crippen molar-refractivity contribution < 1.29 is 0 Å². The van der Waals surface area contributed by atoms with Crippen molar-refractivity contribution in [2.45, 2.75) is 25.8 Å². The van der Waals surface area contributed by atoms with Crippen molar-refractivity contribution in [2.24, 2.45) is 0 Å². The van der Waals surface area contributed by atoms with Gasteiger partial charge in [-0.2, -0.15) is 0 Å². The lowest BCUT2D eigenvalue weighted by molar-refractivity contribution is 0.587. The normalized spacial score (nSPS) is 18.5. The lowest BCUT2D eigenvalue weighted by atomic mass is 10.1. The Balaban J connectivity index is 1.65. The summed E-state index contributed by atoms with van der Waals surface area (Å²) in [5.41, 5.74) is 7.47. The highest BCUT2D eigenvalue weighted by Crippen LogP contribution is 2.22. The fourth-order valence-electron chi connectivity index (χ4n) is 2.65. The first-order valence-electron chi connectivity index (χ1n) is 6.92. The fraction of sp³-hybridized carbons (Fsp3) is 0.312. The van der Waals surface area contributed by atoms with Gasteiger partial charge < -0.3 is 5.01 Å². The second-order valence-corrected chi connectivity index (χ2v) is 6.06. The van der Waals surface area contributed by atoms with Crippen LogP contribution >= 0.6 is 15.9 Å². The van der Waals surface area contributed by atoms with E-state index in [0.29, 0.717) is 6.04 Å². The van der Waals surface area contributed by atoms with Crippen LogP contribution in [0.15, 0.2) is 47.2 Å². The van der Waals surface area contributed by atoms with Gasteiger partial charge in [0.1, 0.15) is 4.60 Å². The Kier molecular flexibility index (Phi) is 4.03. The lowest BCUT2D eigenvalue weighted by Crippen LogP contribution is -2.36. The molecule has 1 unspecified atom stereocenters. The van der Waals surface area contributed by atoms with Crippen molar-refractivity contribution >= 4 is 21.6 Å². The van der Waals surface area contributed by atoms with E-state index in [1.807, 2.05) is 12.3 Å². The highest BCUT2D eigenvalue weighted by Gasteiger charge is 2.22. The number of hydrogen-bond donors (Lipinski definition) is 1. The number of hydrogen-bond acceptors (Lipinski definition) is 3. The molecule has 0 amide bonds. The average molecular weight is 332 g/mol. The molecule has 1 atom stereocenters. The maximum atomic E-state index is 4.29. The van der Waals surface area contributed by atoms with Crippen LogP contribution in [0.1, 0.15) is 17.5 Å². The van der Waals surface area contributed by atoms with E-state index in [0.717, 1.165) is 24.0 Å². The molecule has 1 saturated heterocycles. The molecule has 1 fully saturated rings. The molecule has 1 aliphatic rings. The molecule has 104 valence electrons. The molecular weight excluding hydrogens is 314 g/mol. The van der Waals surface area contributed by atoms with E-state index >= 15 is 0 Å². The van der Waals surface area contributed by atoms with Gasteiger partial charge in [0.05, 0.1) is 5.69 Å². The van der Waals surface area contributed by atoms with E-state index in [-0.39, 0.29) is 0 Å². The number of para-hydroxylation sites is 1. The molecule has 0 radical (unpaired) electrons. The maximum absolute atomic E-state index is 4.29. The molecule has 1 aliphatic heterocycles. The third kappa shape index (κ3) is 3.02. The van der Waals surface area contributed by atoms with Crippen LogP contribution in [0.25, 0.3) is 0 Å². The number of aromatic nitrogens is 1. The van der Waals surface area contributed by atoms with Crippen LogP contribution < -0.4 is 10.4 Å². The van der Waals surface area contributed by atoms with E-state index in [4.69, 9.17) is 0 Å². The van der Waals surface area contributed by atoms with E-state index in [9.17, 15) is 0 Å². The maximum Gasteiger partial charge on any atom is 0.106 e. The van der Waals surface area contributed by atoms with Crippen LogP contribution in [0.4, 0.5) is 5.69 Å². The van der Waals surface area contributed by atoms with Crippen LogP contribution in [-0.2, 0) is 6.42 Å². The third-order valence-corrected chi connectivity index (χ3v) is 4.19. The Morgan fingerprint density at radius 3 is 2.90 bits per heavy atom. The summed E-state index contributed by atoms with van der Waals surface area (Å²) in [4.78, 5) is 4.29. The summed E-state index contributed by atoms with van der Waals surface area (Å²) < 4.78 is 0.891. The van der Waals surface area contributed by atoms with Gasteiger partial charge in [-0.1, -0.05) is 24.3 Å². The third-order valence-electron chi connectivity index (χ3n) is 3.72. The molecule has 20 heavy (non-hydrogen) atoms.